The molecule has 2 N–H and O–H groups in total. The molecule has 0 aliphatic carbocycles. The van der Waals surface area contributed by atoms with Crippen LogP contribution in [0.4, 0.5) is 0 Å². The molecule has 8 heteroatoms. The summed E-state index contributed by atoms with van der Waals surface area (Å²) in [6.07, 6.45) is -0.234. The van der Waals surface area contributed by atoms with E-state index in [1.54, 1.807) is 18.2 Å². The third-order valence-electron chi connectivity index (χ3n) is 3.43. The Balaban J connectivity index is 1.71. The molecule has 0 saturated heterocycles. The first-order valence-corrected chi connectivity index (χ1v) is 10.6. The Bertz CT molecular complexity index is 851. The van der Waals surface area contributed by atoms with Gasteiger partial charge in [-0.1, -0.05) is 35.9 Å². The molecule has 0 saturated carbocycles. The number of amides is 2. The van der Waals surface area contributed by atoms with E-state index in [1.165, 1.54) is 23.9 Å². The summed E-state index contributed by atoms with van der Waals surface area (Å²) in [5.74, 6) is -1.10. The van der Waals surface area contributed by atoms with E-state index in [2.05, 4.69) is 10.9 Å². The lowest BCUT2D eigenvalue weighted by Crippen LogP contribution is -2.43. The van der Waals surface area contributed by atoms with Crippen LogP contribution < -0.4 is 10.9 Å². The molecule has 0 fully saturated rings. The molecule has 2 aromatic carbocycles. The van der Waals surface area contributed by atoms with E-state index in [1.807, 2.05) is 31.2 Å². The van der Waals surface area contributed by atoms with Gasteiger partial charge in [-0.15, -0.1) is 11.8 Å². The standard InChI is InChI=1S/C18H20N2O4S2/c1-14-7-9-15(10-8-14)25-13-18(22)20-19-17(21)11-12-26(23,24)16-5-3-2-4-6-16/h2-10H,11-13H2,1H3,(H,19,21)(H,20,22). The van der Waals surface area contributed by atoms with Crippen LogP contribution in [0, 0.1) is 6.92 Å². The Labute approximate surface area is 157 Å². The summed E-state index contributed by atoms with van der Waals surface area (Å²) in [6.45, 7) is 1.98. The highest BCUT2D eigenvalue weighted by Crippen LogP contribution is 2.17. The zero-order valence-corrected chi connectivity index (χ0v) is 15.9. The van der Waals surface area contributed by atoms with Gasteiger partial charge in [0.15, 0.2) is 9.84 Å². The van der Waals surface area contributed by atoms with Crippen molar-refractivity contribution in [2.24, 2.45) is 0 Å². The van der Waals surface area contributed by atoms with Gasteiger partial charge >= 0.3 is 0 Å². The summed E-state index contributed by atoms with van der Waals surface area (Å²) in [4.78, 5) is 24.6. The minimum absolute atomic E-state index is 0.144. The number of sulfone groups is 1. The number of hydrogen-bond donors (Lipinski definition) is 2. The number of nitrogens with one attached hydrogen (secondary N) is 2. The number of benzene rings is 2. The van der Waals surface area contributed by atoms with Crippen LogP contribution in [0.15, 0.2) is 64.4 Å². The van der Waals surface area contributed by atoms with E-state index >= 15 is 0 Å². The zero-order chi connectivity index (χ0) is 19.0. The first kappa shape index (κ1) is 20.0. The first-order valence-electron chi connectivity index (χ1n) is 7.92. The van der Waals surface area contributed by atoms with Crippen molar-refractivity contribution in [3.8, 4) is 0 Å². The lowest BCUT2D eigenvalue weighted by atomic mass is 10.2. The van der Waals surface area contributed by atoms with Gasteiger partial charge in [0.1, 0.15) is 0 Å². The number of thioether (sulfide) groups is 1. The van der Waals surface area contributed by atoms with E-state index in [9.17, 15) is 18.0 Å². The highest BCUT2D eigenvalue weighted by molar-refractivity contribution is 8.00. The fourth-order valence-corrected chi connectivity index (χ4v) is 3.95. The second-order valence-corrected chi connectivity index (χ2v) is 8.74. The molecule has 0 aliphatic heterocycles. The molecule has 2 rings (SSSR count). The average Bonchev–Trinajstić information content (AvgIpc) is 2.65. The predicted octanol–water partition coefficient (Wildman–Crippen LogP) is 2.10. The highest BCUT2D eigenvalue weighted by Gasteiger charge is 2.16. The van der Waals surface area contributed by atoms with E-state index in [4.69, 9.17) is 0 Å². The molecule has 0 radical (unpaired) electrons. The van der Waals surface area contributed by atoms with E-state index in [0.29, 0.717) is 0 Å². The van der Waals surface area contributed by atoms with Crippen LogP contribution in [-0.2, 0) is 19.4 Å². The third kappa shape index (κ3) is 6.53. The number of carbonyl (C=O) groups excluding carboxylic acids is 2. The Kier molecular flexibility index (Phi) is 7.23. The molecule has 138 valence electrons. The molecule has 0 unspecified atom stereocenters. The number of hydrogen-bond acceptors (Lipinski definition) is 5. The first-order chi connectivity index (χ1) is 12.4. The molecular formula is C18H20N2O4S2. The second kappa shape index (κ2) is 9.40. The molecule has 0 heterocycles. The van der Waals surface area contributed by atoms with E-state index < -0.39 is 15.7 Å². The molecule has 2 amide bonds. The fourth-order valence-electron chi connectivity index (χ4n) is 1.99. The maximum Gasteiger partial charge on any atom is 0.248 e. The van der Waals surface area contributed by atoms with Crippen molar-refractivity contribution in [3.05, 3.63) is 60.2 Å². The van der Waals surface area contributed by atoms with Crippen molar-refractivity contribution < 1.29 is 18.0 Å². The average molecular weight is 393 g/mol. The SMILES string of the molecule is Cc1ccc(SCC(=O)NNC(=O)CCS(=O)(=O)c2ccccc2)cc1. The molecule has 0 spiro atoms. The van der Waals surface area contributed by atoms with Crippen LogP contribution in [0.3, 0.4) is 0 Å². The largest absolute Gasteiger partial charge is 0.273 e. The lowest BCUT2D eigenvalue weighted by molar-refractivity contribution is -0.127. The van der Waals surface area contributed by atoms with Gasteiger partial charge in [0.25, 0.3) is 0 Å². The fraction of sp³-hybridized carbons (Fsp3) is 0.222. The normalized spacial score (nSPS) is 11.0. The Morgan fingerprint density at radius 3 is 2.19 bits per heavy atom. The van der Waals surface area contributed by atoms with Gasteiger partial charge in [0, 0.05) is 11.3 Å². The lowest BCUT2D eigenvalue weighted by Gasteiger charge is -2.08. The summed E-state index contributed by atoms with van der Waals surface area (Å²) in [6, 6.07) is 15.7. The van der Waals surface area contributed by atoms with Gasteiger partial charge in [-0.3, -0.25) is 20.4 Å². The van der Waals surface area contributed by atoms with Gasteiger partial charge in [-0.05, 0) is 31.2 Å². The van der Waals surface area contributed by atoms with Crippen LogP contribution in [0.25, 0.3) is 0 Å². The summed E-state index contributed by atoms with van der Waals surface area (Å²) >= 11 is 1.34. The number of rotatable bonds is 7. The van der Waals surface area contributed by atoms with Crippen LogP contribution in [0.2, 0.25) is 0 Å². The molecule has 0 aliphatic rings. The highest BCUT2D eigenvalue weighted by atomic mass is 32.2. The van der Waals surface area contributed by atoms with Gasteiger partial charge in [0.05, 0.1) is 16.4 Å². The molecule has 2 aromatic rings. The molecule has 0 atom stereocenters. The van der Waals surface area contributed by atoms with Crippen LogP contribution in [0.5, 0.6) is 0 Å². The predicted molar refractivity (Wildman–Crippen MR) is 101 cm³/mol. The third-order valence-corrected chi connectivity index (χ3v) is 6.18. The minimum atomic E-state index is -3.52. The van der Waals surface area contributed by atoms with Crippen molar-refractivity contribution in [1.82, 2.24) is 10.9 Å². The van der Waals surface area contributed by atoms with Crippen molar-refractivity contribution in [2.45, 2.75) is 23.1 Å². The molecular weight excluding hydrogens is 372 g/mol. The summed E-state index contributed by atoms with van der Waals surface area (Å²) < 4.78 is 24.2. The van der Waals surface area contributed by atoms with Crippen molar-refractivity contribution in [3.63, 3.8) is 0 Å². The van der Waals surface area contributed by atoms with Crippen LogP contribution in [-0.4, -0.2) is 31.7 Å². The smallest absolute Gasteiger partial charge is 0.248 e. The van der Waals surface area contributed by atoms with Crippen LogP contribution in [0.1, 0.15) is 12.0 Å². The monoisotopic (exact) mass is 392 g/mol. The number of aryl methyl sites for hydroxylation is 1. The molecule has 0 bridgehead atoms. The van der Waals surface area contributed by atoms with E-state index in [0.717, 1.165) is 10.5 Å². The maximum atomic E-state index is 12.1. The van der Waals surface area contributed by atoms with Gasteiger partial charge in [-0.25, -0.2) is 8.42 Å². The van der Waals surface area contributed by atoms with Crippen LogP contribution >= 0.6 is 11.8 Å². The van der Waals surface area contributed by atoms with Gasteiger partial charge in [-0.2, -0.15) is 0 Å². The Morgan fingerprint density at radius 2 is 1.54 bits per heavy atom. The van der Waals surface area contributed by atoms with E-state index in [-0.39, 0.29) is 28.7 Å². The van der Waals surface area contributed by atoms with Gasteiger partial charge in [0.2, 0.25) is 11.8 Å². The molecule has 0 aromatic heterocycles. The van der Waals surface area contributed by atoms with Crippen molar-refractivity contribution >= 4 is 33.4 Å². The molecule has 6 nitrogen and oxygen atoms in total. The topological polar surface area (TPSA) is 92.3 Å². The summed E-state index contributed by atoms with van der Waals surface area (Å²) in [5.41, 5.74) is 5.66. The van der Waals surface area contributed by atoms with Crippen molar-refractivity contribution in [2.75, 3.05) is 11.5 Å². The zero-order valence-electron chi connectivity index (χ0n) is 14.3. The summed E-state index contributed by atoms with van der Waals surface area (Å²) in [5, 5.41) is 0. The second-order valence-electron chi connectivity index (χ2n) is 5.58. The van der Waals surface area contributed by atoms with Gasteiger partial charge < -0.3 is 0 Å². The Morgan fingerprint density at radius 1 is 0.923 bits per heavy atom. The summed E-state index contributed by atoms with van der Waals surface area (Å²) in [7, 11) is -3.52. The number of carbonyl (C=O) groups is 2. The van der Waals surface area contributed by atoms with Crippen molar-refractivity contribution in [1.29, 1.82) is 0 Å². The minimum Gasteiger partial charge on any atom is -0.273 e. The maximum absolute atomic E-state index is 12.1. The quantitative estimate of drug-likeness (QED) is 0.556. The molecule has 26 heavy (non-hydrogen) atoms. The number of hydrazine groups is 1. The Hall–Kier alpha value is -2.32.